The van der Waals surface area contributed by atoms with Crippen molar-refractivity contribution in [3.8, 4) is 11.3 Å². The summed E-state index contributed by atoms with van der Waals surface area (Å²) in [5.41, 5.74) is 3.10. The van der Waals surface area contributed by atoms with Crippen LogP contribution in [0.15, 0.2) is 49.1 Å². The number of aromatic nitrogens is 2. The zero-order chi connectivity index (χ0) is 22.2. The molecule has 1 aliphatic rings. The van der Waals surface area contributed by atoms with Crippen molar-refractivity contribution in [3.63, 3.8) is 0 Å². The Kier molecular flexibility index (Phi) is 7.76. The minimum Gasteiger partial charge on any atom is -0.353 e. The van der Waals surface area contributed by atoms with Gasteiger partial charge >= 0.3 is 0 Å². The summed E-state index contributed by atoms with van der Waals surface area (Å²) in [7, 11) is 0. The third-order valence-corrected chi connectivity index (χ3v) is 5.50. The molecule has 1 aliphatic heterocycles. The number of benzene rings is 1. The van der Waals surface area contributed by atoms with E-state index in [2.05, 4.69) is 40.7 Å². The van der Waals surface area contributed by atoms with E-state index in [0.29, 0.717) is 32.6 Å². The van der Waals surface area contributed by atoms with Crippen molar-refractivity contribution in [2.24, 2.45) is 0 Å². The lowest BCUT2D eigenvalue weighted by Crippen LogP contribution is -2.44. The summed E-state index contributed by atoms with van der Waals surface area (Å²) >= 11 is 0. The standard InChI is InChI=1S/C24H31N5O2/c1-4-13-29(23(30)5-2)18-24(31)28-15-6-14-27(16-17-28)22-12-11-21(25-26-22)20-9-7-19(3)8-10-20/h4,7-12H,1,5-6,13-18H2,2-3H3. The van der Waals surface area contributed by atoms with Gasteiger partial charge in [0.1, 0.15) is 6.54 Å². The van der Waals surface area contributed by atoms with Crippen LogP contribution in [-0.4, -0.2) is 71.1 Å². The molecule has 1 saturated heterocycles. The number of aryl methyl sites for hydroxylation is 1. The van der Waals surface area contributed by atoms with Gasteiger partial charge in [0.25, 0.3) is 0 Å². The van der Waals surface area contributed by atoms with Crippen molar-refractivity contribution in [3.05, 3.63) is 54.6 Å². The first-order chi connectivity index (χ1) is 15.0. The van der Waals surface area contributed by atoms with Crippen LogP contribution in [0.3, 0.4) is 0 Å². The lowest BCUT2D eigenvalue weighted by molar-refractivity contribution is -0.139. The monoisotopic (exact) mass is 421 g/mol. The molecule has 0 aliphatic carbocycles. The zero-order valence-corrected chi connectivity index (χ0v) is 18.5. The molecule has 7 nitrogen and oxygen atoms in total. The maximum Gasteiger partial charge on any atom is 0.242 e. The molecule has 2 amide bonds. The third-order valence-electron chi connectivity index (χ3n) is 5.50. The Hall–Kier alpha value is -3.22. The normalized spacial score (nSPS) is 14.1. The van der Waals surface area contributed by atoms with Gasteiger partial charge in [-0.2, -0.15) is 0 Å². The molecular formula is C24H31N5O2. The summed E-state index contributed by atoms with van der Waals surface area (Å²) in [5.74, 6) is 0.763. The number of carbonyl (C=O) groups excluding carboxylic acids is 2. The van der Waals surface area contributed by atoms with Gasteiger partial charge in [-0.15, -0.1) is 16.8 Å². The Morgan fingerprint density at radius 1 is 1.06 bits per heavy atom. The van der Waals surface area contributed by atoms with Crippen molar-refractivity contribution in [1.82, 2.24) is 20.0 Å². The highest BCUT2D eigenvalue weighted by Crippen LogP contribution is 2.20. The summed E-state index contributed by atoms with van der Waals surface area (Å²) in [4.78, 5) is 30.4. The molecule has 3 rings (SSSR count). The average Bonchev–Trinajstić information content (AvgIpc) is 3.05. The third kappa shape index (κ3) is 5.90. The smallest absolute Gasteiger partial charge is 0.242 e. The molecule has 164 valence electrons. The van der Waals surface area contributed by atoms with Gasteiger partial charge < -0.3 is 14.7 Å². The number of hydrogen-bond acceptors (Lipinski definition) is 5. The minimum absolute atomic E-state index is 0.0219. The highest BCUT2D eigenvalue weighted by Gasteiger charge is 2.23. The van der Waals surface area contributed by atoms with Gasteiger partial charge in [0.2, 0.25) is 11.8 Å². The fraction of sp³-hybridized carbons (Fsp3) is 0.417. The van der Waals surface area contributed by atoms with Crippen LogP contribution in [0.1, 0.15) is 25.3 Å². The van der Waals surface area contributed by atoms with Crippen molar-refractivity contribution >= 4 is 17.6 Å². The fourth-order valence-corrected chi connectivity index (χ4v) is 3.67. The van der Waals surface area contributed by atoms with Gasteiger partial charge in [-0.3, -0.25) is 9.59 Å². The average molecular weight is 422 g/mol. The first-order valence-corrected chi connectivity index (χ1v) is 10.8. The number of carbonyl (C=O) groups is 2. The van der Waals surface area contributed by atoms with E-state index in [0.717, 1.165) is 30.0 Å². The van der Waals surface area contributed by atoms with Crippen molar-refractivity contribution < 1.29 is 9.59 Å². The number of anilines is 1. The van der Waals surface area contributed by atoms with E-state index in [1.165, 1.54) is 5.56 Å². The minimum atomic E-state index is -0.0337. The molecule has 0 spiro atoms. The van der Waals surface area contributed by atoms with Crippen LogP contribution in [0.25, 0.3) is 11.3 Å². The lowest BCUT2D eigenvalue weighted by Gasteiger charge is -2.26. The van der Waals surface area contributed by atoms with Gasteiger partial charge in [0.05, 0.1) is 5.69 Å². The van der Waals surface area contributed by atoms with Crippen molar-refractivity contribution in [2.45, 2.75) is 26.7 Å². The van der Waals surface area contributed by atoms with Crippen molar-refractivity contribution in [1.29, 1.82) is 0 Å². The van der Waals surface area contributed by atoms with Gasteiger partial charge in [0, 0.05) is 44.7 Å². The van der Waals surface area contributed by atoms with Crippen LogP contribution < -0.4 is 4.90 Å². The molecule has 31 heavy (non-hydrogen) atoms. The fourth-order valence-electron chi connectivity index (χ4n) is 3.67. The molecule has 1 aromatic carbocycles. The second kappa shape index (κ2) is 10.7. The lowest BCUT2D eigenvalue weighted by atomic mass is 10.1. The molecule has 2 heterocycles. The number of hydrogen-bond donors (Lipinski definition) is 0. The molecule has 0 bridgehead atoms. The van der Waals surface area contributed by atoms with E-state index in [-0.39, 0.29) is 18.4 Å². The second-order valence-corrected chi connectivity index (χ2v) is 7.78. The summed E-state index contributed by atoms with van der Waals surface area (Å²) in [6, 6.07) is 12.2. The predicted octanol–water partition coefficient (Wildman–Crippen LogP) is 2.92. The van der Waals surface area contributed by atoms with Crippen LogP contribution in [0.4, 0.5) is 5.82 Å². The molecule has 2 aromatic rings. The van der Waals surface area contributed by atoms with E-state index in [1.807, 2.05) is 29.2 Å². The summed E-state index contributed by atoms with van der Waals surface area (Å²) in [5, 5.41) is 8.83. The molecular weight excluding hydrogens is 390 g/mol. The Morgan fingerprint density at radius 2 is 1.84 bits per heavy atom. The van der Waals surface area contributed by atoms with E-state index in [1.54, 1.807) is 17.9 Å². The molecule has 7 heteroatoms. The first-order valence-electron chi connectivity index (χ1n) is 10.8. The quantitative estimate of drug-likeness (QED) is 0.643. The molecule has 0 saturated carbocycles. The van der Waals surface area contributed by atoms with Crippen LogP contribution in [-0.2, 0) is 9.59 Å². The zero-order valence-electron chi connectivity index (χ0n) is 18.5. The predicted molar refractivity (Wildman–Crippen MR) is 123 cm³/mol. The van der Waals surface area contributed by atoms with Crippen LogP contribution in [0, 0.1) is 6.92 Å². The Labute approximate surface area is 184 Å². The largest absolute Gasteiger partial charge is 0.353 e. The second-order valence-electron chi connectivity index (χ2n) is 7.78. The van der Waals surface area contributed by atoms with Crippen LogP contribution in [0.5, 0.6) is 0 Å². The Balaban J connectivity index is 1.60. The summed E-state index contributed by atoms with van der Waals surface area (Å²) < 4.78 is 0. The number of nitrogens with zero attached hydrogens (tertiary/aromatic N) is 5. The SMILES string of the molecule is C=CCN(CC(=O)N1CCCN(c2ccc(-c3ccc(C)cc3)nn2)CC1)C(=O)CC. The van der Waals surface area contributed by atoms with E-state index >= 15 is 0 Å². The molecule has 0 unspecified atom stereocenters. The molecule has 1 fully saturated rings. The highest BCUT2D eigenvalue weighted by atomic mass is 16.2. The van der Waals surface area contributed by atoms with Gasteiger partial charge in [-0.25, -0.2) is 0 Å². The highest BCUT2D eigenvalue weighted by molar-refractivity contribution is 5.85. The maximum absolute atomic E-state index is 12.8. The van der Waals surface area contributed by atoms with Crippen LogP contribution >= 0.6 is 0 Å². The molecule has 0 N–H and O–H groups in total. The molecule has 0 radical (unpaired) electrons. The Morgan fingerprint density at radius 3 is 2.48 bits per heavy atom. The van der Waals surface area contributed by atoms with E-state index in [9.17, 15) is 9.59 Å². The molecule has 1 aromatic heterocycles. The number of rotatable bonds is 7. The van der Waals surface area contributed by atoms with Crippen molar-refractivity contribution in [2.75, 3.05) is 44.2 Å². The van der Waals surface area contributed by atoms with Crippen LogP contribution in [0.2, 0.25) is 0 Å². The summed E-state index contributed by atoms with van der Waals surface area (Å²) in [6.07, 6.45) is 2.88. The topological polar surface area (TPSA) is 69.6 Å². The van der Waals surface area contributed by atoms with Gasteiger partial charge in [-0.05, 0) is 25.5 Å². The van der Waals surface area contributed by atoms with Gasteiger partial charge in [0.15, 0.2) is 5.82 Å². The van der Waals surface area contributed by atoms with E-state index in [4.69, 9.17) is 0 Å². The Bertz CT molecular complexity index is 895. The maximum atomic E-state index is 12.8. The first kappa shape index (κ1) is 22.5. The summed E-state index contributed by atoms with van der Waals surface area (Å²) in [6.45, 7) is 10.8. The number of amides is 2. The van der Waals surface area contributed by atoms with E-state index < -0.39 is 0 Å². The molecule has 0 atom stereocenters. The van der Waals surface area contributed by atoms with Gasteiger partial charge in [-0.1, -0.05) is 42.8 Å².